The first-order chi connectivity index (χ1) is 12.1. The van der Waals surface area contributed by atoms with E-state index in [4.69, 9.17) is 26.2 Å². The number of hydrogen-bond donors (Lipinski definition) is 1. The van der Waals surface area contributed by atoms with Crippen LogP contribution in [0.15, 0.2) is 24.3 Å². The minimum atomic E-state index is -0.343. The lowest BCUT2D eigenvalue weighted by molar-refractivity contribution is 0.0124. The summed E-state index contributed by atoms with van der Waals surface area (Å²) in [5.41, 5.74) is 0. The highest BCUT2D eigenvalue weighted by Crippen LogP contribution is 2.27. The van der Waals surface area contributed by atoms with Crippen LogP contribution in [0, 0.1) is 5.92 Å². The molecule has 6 heteroatoms. The maximum atomic E-state index is 12.2. The van der Waals surface area contributed by atoms with E-state index < -0.39 is 0 Å². The Kier molecular flexibility index (Phi) is 8.52. The molecule has 140 valence electrons. The number of amides is 1. The average Bonchev–Trinajstić information content (AvgIpc) is 2.62. The number of aliphatic hydroxyl groups is 1. The fourth-order valence-corrected chi connectivity index (χ4v) is 3.21. The molecule has 1 aromatic carbocycles. The Morgan fingerprint density at radius 3 is 2.52 bits per heavy atom. The van der Waals surface area contributed by atoms with Gasteiger partial charge in [-0.25, -0.2) is 4.79 Å². The van der Waals surface area contributed by atoms with Crippen LogP contribution in [0.4, 0.5) is 4.79 Å². The van der Waals surface area contributed by atoms with Crippen molar-refractivity contribution in [1.29, 1.82) is 0 Å². The van der Waals surface area contributed by atoms with Gasteiger partial charge in [0.2, 0.25) is 0 Å². The zero-order valence-corrected chi connectivity index (χ0v) is 15.6. The summed E-state index contributed by atoms with van der Waals surface area (Å²) in [6.45, 7) is 1.65. The molecule has 1 N–H and O–H groups in total. The highest BCUT2D eigenvalue weighted by molar-refractivity contribution is 6.30. The Labute approximate surface area is 154 Å². The van der Waals surface area contributed by atoms with Crippen molar-refractivity contribution < 1.29 is 19.4 Å². The quantitative estimate of drug-likeness (QED) is 0.700. The van der Waals surface area contributed by atoms with E-state index in [9.17, 15) is 4.79 Å². The van der Waals surface area contributed by atoms with Crippen molar-refractivity contribution in [2.24, 2.45) is 5.92 Å². The Morgan fingerprint density at radius 1 is 1.20 bits per heavy atom. The molecule has 0 heterocycles. The van der Waals surface area contributed by atoms with Crippen LogP contribution in [0.25, 0.3) is 0 Å². The number of ether oxygens (including phenoxy) is 2. The van der Waals surface area contributed by atoms with Crippen molar-refractivity contribution in [2.45, 2.75) is 44.6 Å². The van der Waals surface area contributed by atoms with Crippen LogP contribution in [-0.4, -0.2) is 49.0 Å². The van der Waals surface area contributed by atoms with Gasteiger partial charge in [-0.1, -0.05) is 11.6 Å². The number of unbranched alkanes of at least 4 members (excludes halogenated alkanes) is 1. The van der Waals surface area contributed by atoms with Crippen molar-refractivity contribution in [1.82, 2.24) is 4.90 Å². The third kappa shape index (κ3) is 7.22. The van der Waals surface area contributed by atoms with Crippen molar-refractivity contribution >= 4 is 17.7 Å². The maximum Gasteiger partial charge on any atom is 0.414 e. The molecular formula is C19H28ClNO4. The lowest BCUT2D eigenvalue weighted by atomic mass is 9.87. The van der Waals surface area contributed by atoms with Gasteiger partial charge in [-0.15, -0.1) is 0 Å². The van der Waals surface area contributed by atoms with Crippen LogP contribution < -0.4 is 4.74 Å². The van der Waals surface area contributed by atoms with E-state index in [1.807, 2.05) is 0 Å². The molecule has 0 aromatic heterocycles. The second-order valence-electron chi connectivity index (χ2n) is 6.65. The first-order valence-corrected chi connectivity index (χ1v) is 9.37. The summed E-state index contributed by atoms with van der Waals surface area (Å²) in [5.74, 6) is 0.987. The molecule has 0 atom stereocenters. The summed E-state index contributed by atoms with van der Waals surface area (Å²) in [6, 6.07) is 6.78. The normalized spacial score (nSPS) is 20.3. The molecule has 5 nitrogen and oxygen atoms in total. The molecule has 1 saturated carbocycles. The van der Waals surface area contributed by atoms with Crippen molar-refractivity contribution in [3.05, 3.63) is 29.3 Å². The maximum absolute atomic E-state index is 12.2. The first kappa shape index (κ1) is 20.0. The second kappa shape index (κ2) is 10.6. The highest BCUT2D eigenvalue weighted by Gasteiger charge is 2.24. The number of hydrogen-bond acceptors (Lipinski definition) is 4. The highest BCUT2D eigenvalue weighted by atomic mass is 35.5. The SMILES string of the molecule is CN(CC1CCC(OCCCCO)CC1)C(=O)Oc1ccc(Cl)cc1. The van der Waals surface area contributed by atoms with Gasteiger partial charge in [0.05, 0.1) is 6.10 Å². The van der Waals surface area contributed by atoms with Crippen LogP contribution >= 0.6 is 11.6 Å². The molecular weight excluding hydrogens is 342 g/mol. The van der Waals surface area contributed by atoms with Gasteiger partial charge >= 0.3 is 6.09 Å². The minimum absolute atomic E-state index is 0.231. The monoisotopic (exact) mass is 369 g/mol. The van der Waals surface area contributed by atoms with E-state index in [1.54, 1.807) is 36.2 Å². The third-order valence-electron chi connectivity index (χ3n) is 4.56. The fraction of sp³-hybridized carbons (Fsp3) is 0.632. The first-order valence-electron chi connectivity index (χ1n) is 8.99. The van der Waals surface area contributed by atoms with Gasteiger partial charge in [0.25, 0.3) is 0 Å². The molecule has 2 rings (SSSR count). The Bertz CT molecular complexity index is 515. The van der Waals surface area contributed by atoms with Crippen molar-refractivity contribution in [3.63, 3.8) is 0 Å². The molecule has 0 aliphatic heterocycles. The largest absolute Gasteiger partial charge is 0.414 e. The van der Waals surface area contributed by atoms with E-state index in [1.165, 1.54) is 0 Å². The number of benzene rings is 1. The fourth-order valence-electron chi connectivity index (χ4n) is 3.09. The van der Waals surface area contributed by atoms with Crippen LogP contribution in [0.5, 0.6) is 5.75 Å². The second-order valence-corrected chi connectivity index (χ2v) is 7.08. The Balaban J connectivity index is 1.66. The molecule has 0 saturated heterocycles. The van der Waals surface area contributed by atoms with Crippen LogP contribution in [0.3, 0.4) is 0 Å². The van der Waals surface area contributed by atoms with Gasteiger partial charge in [0, 0.05) is 31.8 Å². The molecule has 25 heavy (non-hydrogen) atoms. The van der Waals surface area contributed by atoms with Gasteiger partial charge in [0.1, 0.15) is 5.75 Å². The summed E-state index contributed by atoms with van der Waals surface area (Å²) in [5, 5.41) is 9.38. The molecule has 0 spiro atoms. The van der Waals surface area contributed by atoms with Gasteiger partial charge in [-0.2, -0.15) is 0 Å². The topological polar surface area (TPSA) is 59.0 Å². The Morgan fingerprint density at radius 2 is 1.88 bits per heavy atom. The molecule has 0 unspecified atom stereocenters. The average molecular weight is 370 g/mol. The number of halogens is 1. The number of aliphatic hydroxyl groups excluding tert-OH is 1. The molecule has 1 aliphatic rings. The van der Waals surface area contributed by atoms with Crippen molar-refractivity contribution in [2.75, 3.05) is 26.8 Å². The zero-order valence-electron chi connectivity index (χ0n) is 14.8. The summed E-state index contributed by atoms with van der Waals surface area (Å²) < 4.78 is 11.2. The number of nitrogens with zero attached hydrogens (tertiary/aromatic N) is 1. The predicted molar refractivity (Wildman–Crippen MR) is 98.1 cm³/mol. The molecule has 0 bridgehead atoms. The summed E-state index contributed by atoms with van der Waals surface area (Å²) >= 11 is 5.83. The van der Waals surface area contributed by atoms with E-state index in [2.05, 4.69) is 0 Å². The predicted octanol–water partition coefficient (Wildman–Crippen LogP) is 4.12. The van der Waals surface area contributed by atoms with E-state index in [-0.39, 0.29) is 12.7 Å². The van der Waals surface area contributed by atoms with E-state index >= 15 is 0 Å². The van der Waals surface area contributed by atoms with Gasteiger partial charge in [-0.05, 0) is 68.7 Å². The minimum Gasteiger partial charge on any atom is -0.410 e. The summed E-state index contributed by atoms with van der Waals surface area (Å²) in [6.07, 6.45) is 5.87. The smallest absolute Gasteiger partial charge is 0.410 e. The molecule has 1 aliphatic carbocycles. The lowest BCUT2D eigenvalue weighted by Gasteiger charge is -2.31. The van der Waals surface area contributed by atoms with E-state index in [0.717, 1.165) is 45.1 Å². The third-order valence-corrected chi connectivity index (χ3v) is 4.81. The van der Waals surface area contributed by atoms with Crippen LogP contribution in [-0.2, 0) is 4.74 Å². The summed E-state index contributed by atoms with van der Waals surface area (Å²) in [4.78, 5) is 13.8. The number of carbonyl (C=O) groups is 1. The van der Waals surface area contributed by atoms with Crippen LogP contribution in [0.2, 0.25) is 5.02 Å². The van der Waals surface area contributed by atoms with Crippen molar-refractivity contribution in [3.8, 4) is 5.75 Å². The molecule has 0 radical (unpaired) electrons. The zero-order chi connectivity index (χ0) is 18.1. The lowest BCUT2D eigenvalue weighted by Crippen LogP contribution is -2.36. The number of carbonyl (C=O) groups excluding carboxylic acids is 1. The van der Waals surface area contributed by atoms with Gasteiger partial charge in [0.15, 0.2) is 0 Å². The molecule has 1 amide bonds. The standard InChI is InChI=1S/C19H28ClNO4/c1-21(19(23)25-18-10-6-16(20)7-11-18)14-15-4-8-17(9-5-15)24-13-3-2-12-22/h6-7,10-11,15,17,22H,2-5,8-9,12-14H2,1H3. The number of rotatable bonds is 8. The van der Waals surface area contributed by atoms with Gasteiger partial charge in [-0.3, -0.25) is 0 Å². The van der Waals surface area contributed by atoms with Gasteiger partial charge < -0.3 is 19.5 Å². The molecule has 1 fully saturated rings. The van der Waals surface area contributed by atoms with Crippen LogP contribution in [0.1, 0.15) is 38.5 Å². The Hall–Kier alpha value is -1.30. The summed E-state index contributed by atoms with van der Waals surface area (Å²) in [7, 11) is 1.77. The van der Waals surface area contributed by atoms with E-state index in [0.29, 0.717) is 29.3 Å². The molecule has 1 aromatic rings.